The van der Waals surface area contributed by atoms with Gasteiger partial charge in [0, 0.05) is 11.1 Å². The normalized spacial score (nSPS) is 11.9. The maximum atomic E-state index is 6.53. The van der Waals surface area contributed by atoms with Crippen molar-refractivity contribution < 1.29 is 18.1 Å². The van der Waals surface area contributed by atoms with Crippen molar-refractivity contribution in [3.05, 3.63) is 131 Å². The van der Waals surface area contributed by atoms with Gasteiger partial charge in [0.05, 0.1) is 0 Å². The van der Waals surface area contributed by atoms with E-state index >= 15 is 0 Å². The molecule has 0 radical (unpaired) electrons. The fourth-order valence-electron chi connectivity index (χ4n) is 5.82. The lowest BCUT2D eigenvalue weighted by Gasteiger charge is -2.20. The Balaban J connectivity index is 1.40. The first-order valence-electron chi connectivity index (χ1n) is 15.7. The molecule has 0 saturated carbocycles. The second-order valence-electron chi connectivity index (χ2n) is 12.3. The quantitative estimate of drug-likeness (QED) is 0.131. The molecule has 6 heteroatoms. The Morgan fingerprint density at radius 1 is 0.435 bits per heavy atom. The number of aryl methyl sites for hydroxylation is 2. The van der Waals surface area contributed by atoms with Crippen LogP contribution < -0.4 is 18.1 Å². The van der Waals surface area contributed by atoms with Gasteiger partial charge < -0.3 is 18.1 Å². The van der Waals surface area contributed by atoms with Crippen molar-refractivity contribution in [1.29, 1.82) is 0 Å². The zero-order chi connectivity index (χ0) is 32.2. The molecule has 0 bridgehead atoms. The van der Waals surface area contributed by atoms with Gasteiger partial charge in [-0.3, -0.25) is 0 Å². The van der Waals surface area contributed by atoms with Crippen LogP contribution in [0.15, 0.2) is 109 Å². The van der Waals surface area contributed by atoms with E-state index in [0.29, 0.717) is 11.8 Å². The molecule has 0 aliphatic carbocycles. The summed E-state index contributed by atoms with van der Waals surface area (Å²) in [6.07, 6.45) is 0. The molecule has 0 fully saturated rings. The molecule has 2 atom stereocenters. The predicted molar refractivity (Wildman–Crippen MR) is 197 cm³/mol. The Hall–Kier alpha value is -4.10. The van der Waals surface area contributed by atoms with Gasteiger partial charge >= 0.3 is 0 Å². The summed E-state index contributed by atoms with van der Waals surface area (Å²) >= 11 is 0. The third kappa shape index (κ3) is 6.85. The topological polar surface area (TPSA) is 36.9 Å². The van der Waals surface area contributed by atoms with Crippen molar-refractivity contribution in [3.8, 4) is 34.1 Å². The first-order valence-corrected chi connectivity index (χ1v) is 17.4. The minimum atomic E-state index is -0.228. The Morgan fingerprint density at radius 3 is 1.24 bits per heavy atom. The number of hydrogen-bond acceptors (Lipinski definition) is 4. The lowest BCUT2D eigenvalue weighted by Crippen LogP contribution is -1.97. The predicted octanol–water partition coefficient (Wildman–Crippen LogP) is 12.5. The van der Waals surface area contributed by atoms with Gasteiger partial charge in [-0.15, -0.1) is 0 Å². The van der Waals surface area contributed by atoms with Gasteiger partial charge in [-0.25, -0.2) is 0 Å². The van der Waals surface area contributed by atoms with Gasteiger partial charge in [0.25, 0.3) is 18.1 Å². The van der Waals surface area contributed by atoms with E-state index in [4.69, 9.17) is 18.1 Å². The van der Waals surface area contributed by atoms with Crippen LogP contribution in [0.4, 0.5) is 0 Å². The molecule has 0 heterocycles. The summed E-state index contributed by atoms with van der Waals surface area (Å²) in [5.41, 5.74) is 6.58. The van der Waals surface area contributed by atoms with Crippen LogP contribution in [-0.2, 0) is 0 Å². The van der Waals surface area contributed by atoms with Crippen molar-refractivity contribution in [3.63, 3.8) is 0 Å². The van der Waals surface area contributed by atoms with Crippen LogP contribution in [0.25, 0.3) is 32.7 Å². The third-order valence-electron chi connectivity index (χ3n) is 8.22. The minimum absolute atomic E-state index is 0.228. The minimum Gasteiger partial charge on any atom is -0.440 e. The summed E-state index contributed by atoms with van der Waals surface area (Å²) in [4.78, 5) is 0. The number of hydrogen-bond donors (Lipinski definition) is 0. The van der Waals surface area contributed by atoms with Crippen LogP contribution in [0.5, 0.6) is 23.0 Å². The van der Waals surface area contributed by atoms with E-state index in [9.17, 15) is 0 Å². The van der Waals surface area contributed by atoms with Crippen LogP contribution in [0.1, 0.15) is 61.8 Å². The van der Waals surface area contributed by atoms with E-state index in [0.717, 1.165) is 66.8 Å². The van der Waals surface area contributed by atoms with Gasteiger partial charge in [0.15, 0.2) is 0 Å². The Kier molecular flexibility index (Phi) is 9.78. The molecule has 0 aliphatic heterocycles. The Morgan fingerprint density at radius 2 is 0.826 bits per heavy atom. The van der Waals surface area contributed by atoms with Crippen LogP contribution in [0.2, 0.25) is 0 Å². The van der Waals surface area contributed by atoms with Crippen LogP contribution in [0, 0.1) is 13.8 Å². The van der Waals surface area contributed by atoms with E-state index in [1.165, 1.54) is 11.1 Å². The molecule has 6 rings (SSSR count). The maximum Gasteiger partial charge on any atom is 0.275 e. The molecule has 4 nitrogen and oxygen atoms in total. The molecule has 0 aliphatic rings. The maximum absolute atomic E-state index is 6.53. The van der Waals surface area contributed by atoms with Gasteiger partial charge in [-0.05, 0) is 93.7 Å². The highest BCUT2D eigenvalue weighted by Gasteiger charge is 2.20. The lowest BCUT2D eigenvalue weighted by atomic mass is 9.92. The highest BCUT2D eigenvalue weighted by atomic mass is 31.1. The highest BCUT2D eigenvalue weighted by molar-refractivity contribution is 7.27. The zero-order valence-electron chi connectivity index (χ0n) is 27.2. The molecular weight excluding hydrogens is 606 g/mol. The molecule has 0 saturated heterocycles. The largest absolute Gasteiger partial charge is 0.440 e. The summed E-state index contributed by atoms with van der Waals surface area (Å²) in [7, 11) is -0.457. The average molecular weight is 647 g/mol. The van der Waals surface area contributed by atoms with E-state index in [1.54, 1.807) is 0 Å². The van der Waals surface area contributed by atoms with Crippen molar-refractivity contribution in [2.45, 2.75) is 53.4 Å². The molecule has 0 N–H and O–H groups in total. The third-order valence-corrected chi connectivity index (χ3v) is 9.43. The van der Waals surface area contributed by atoms with E-state index in [-0.39, 0.29) is 18.1 Å². The molecule has 6 aromatic rings. The molecular formula is C40H40O4P2. The molecule has 234 valence electrons. The molecule has 2 unspecified atom stereocenters. The monoisotopic (exact) mass is 646 g/mol. The van der Waals surface area contributed by atoms with Crippen LogP contribution in [-0.4, -0.2) is 0 Å². The van der Waals surface area contributed by atoms with Crippen molar-refractivity contribution in [1.82, 2.24) is 0 Å². The van der Waals surface area contributed by atoms with Crippen molar-refractivity contribution in [2.75, 3.05) is 0 Å². The smallest absolute Gasteiger partial charge is 0.275 e. The summed E-state index contributed by atoms with van der Waals surface area (Å²) in [6, 6.07) is 37.8. The highest BCUT2D eigenvalue weighted by Crippen LogP contribution is 2.48. The summed E-state index contributed by atoms with van der Waals surface area (Å²) < 4.78 is 25.7. The molecule has 6 aromatic carbocycles. The SMILES string of the molecule is Cc1ccc(C(C)C)c(OPOc2ccc3ccccc3c2-c2c(OPOc3cc(C)ccc3C(C)C)ccc3ccccc23)c1. The number of benzene rings is 6. The van der Waals surface area contributed by atoms with Crippen LogP contribution >= 0.6 is 18.1 Å². The first kappa shape index (κ1) is 31.9. The summed E-state index contributed by atoms with van der Waals surface area (Å²) in [5, 5.41) is 4.39. The standard InChI is InChI=1S/C40H40O4P2/c1-25(2)31-19-15-27(5)23-37(31)43-45-41-35-21-17-29-11-7-9-13-33(29)39(35)40-34-14-10-8-12-30(34)18-22-36(40)42-46-44-38-24-28(6)16-20-32(38)26(3)4/h7-26,45-46H,1-6H3. The van der Waals surface area contributed by atoms with Crippen LogP contribution in [0.3, 0.4) is 0 Å². The second kappa shape index (κ2) is 14.1. The fraction of sp³-hybridized carbons (Fsp3) is 0.200. The Bertz CT molecular complexity index is 1860. The summed E-state index contributed by atoms with van der Waals surface area (Å²) in [5.74, 6) is 3.88. The first-order chi connectivity index (χ1) is 22.3. The molecule has 46 heavy (non-hydrogen) atoms. The molecule has 0 aromatic heterocycles. The molecule has 0 amide bonds. The number of rotatable bonds is 11. The zero-order valence-corrected chi connectivity index (χ0v) is 29.2. The average Bonchev–Trinajstić information content (AvgIpc) is 3.04. The number of fused-ring (bicyclic) bond motifs is 2. The molecule has 0 spiro atoms. The van der Waals surface area contributed by atoms with Gasteiger partial charge in [0.2, 0.25) is 0 Å². The van der Waals surface area contributed by atoms with Crippen molar-refractivity contribution in [2.24, 2.45) is 0 Å². The van der Waals surface area contributed by atoms with E-state index in [2.05, 4.69) is 139 Å². The van der Waals surface area contributed by atoms with Gasteiger partial charge in [-0.2, -0.15) is 0 Å². The van der Waals surface area contributed by atoms with Gasteiger partial charge in [0.1, 0.15) is 23.0 Å². The van der Waals surface area contributed by atoms with E-state index < -0.39 is 0 Å². The van der Waals surface area contributed by atoms with Gasteiger partial charge in [-0.1, -0.05) is 113 Å². The van der Waals surface area contributed by atoms with Crippen molar-refractivity contribution >= 4 is 39.6 Å². The Labute approximate surface area is 276 Å². The van der Waals surface area contributed by atoms with E-state index in [1.807, 2.05) is 12.1 Å². The fourth-order valence-corrected chi connectivity index (χ4v) is 6.96. The second-order valence-corrected chi connectivity index (χ2v) is 13.4. The summed E-state index contributed by atoms with van der Waals surface area (Å²) in [6.45, 7) is 12.9. The lowest BCUT2D eigenvalue weighted by molar-refractivity contribution is 0.506.